The molecule has 15 rings (SSSR count). The molecule has 0 radical (unpaired) electrons. The quantitative estimate of drug-likeness (QED) is 0.0443. The number of nitrogens with one attached hydrogen (secondary N) is 3. The Morgan fingerprint density at radius 2 is 0.650 bits per heavy atom. The van der Waals surface area contributed by atoms with Crippen LogP contribution in [0.5, 0.6) is 0 Å². The van der Waals surface area contributed by atoms with E-state index in [1.165, 1.54) is 14.7 Å². The van der Waals surface area contributed by atoms with E-state index in [1.807, 2.05) is 116 Å². The normalized spacial score (nSPS) is 23.9. The molecule has 9 atom stereocenters. The first-order chi connectivity index (χ1) is 55.7. The second kappa shape index (κ2) is 37.0. The first-order valence-corrected chi connectivity index (χ1v) is 40.2. The third kappa shape index (κ3) is 22.6. The van der Waals surface area contributed by atoms with Crippen molar-refractivity contribution in [3.8, 4) is 33.4 Å². The molecule has 10 N–H and O–H groups in total. The molecule has 9 saturated heterocycles. The molecular formula is C82H106F9N17O9. The van der Waals surface area contributed by atoms with Crippen LogP contribution >= 0.6 is 0 Å². The fourth-order valence-corrected chi connectivity index (χ4v) is 16.6. The highest BCUT2D eigenvalue weighted by Crippen LogP contribution is 2.41. The number of likely N-dealkylation sites (tertiary alicyclic amines) is 3. The van der Waals surface area contributed by atoms with Gasteiger partial charge in [-0.05, 0) is 181 Å². The summed E-state index contributed by atoms with van der Waals surface area (Å²) in [6.07, 6.45) is -16.0. The number of hydrogen-bond donors (Lipinski definition) is 8. The topological polar surface area (TPSA) is 296 Å². The van der Waals surface area contributed by atoms with Crippen molar-refractivity contribution in [3.05, 3.63) is 108 Å². The van der Waals surface area contributed by atoms with Gasteiger partial charge in [0.1, 0.15) is 34.9 Å². The van der Waals surface area contributed by atoms with Gasteiger partial charge in [0.15, 0.2) is 0 Å². The Morgan fingerprint density at radius 3 is 0.897 bits per heavy atom. The highest BCUT2D eigenvalue weighted by Gasteiger charge is 2.41. The maximum absolute atomic E-state index is 12.9. The number of pyridine rings is 3. The van der Waals surface area contributed by atoms with Gasteiger partial charge in [0.2, 0.25) is 0 Å². The van der Waals surface area contributed by atoms with Crippen LogP contribution in [0, 0.1) is 44.4 Å². The van der Waals surface area contributed by atoms with Crippen molar-refractivity contribution in [1.82, 2.24) is 29.7 Å². The van der Waals surface area contributed by atoms with Crippen molar-refractivity contribution in [1.29, 1.82) is 0 Å². The molecule has 6 amide bonds. The number of β-amino-alcohol motifs (C(OH)–C–C–N with tert-alkyl or cyclic N) is 3. The summed E-state index contributed by atoms with van der Waals surface area (Å²) in [6, 6.07) is 26.9. The van der Waals surface area contributed by atoms with E-state index in [0.29, 0.717) is 173 Å². The Balaban J connectivity index is 0.000000152. The van der Waals surface area contributed by atoms with E-state index in [-0.39, 0.29) is 43.7 Å². The third-order valence-corrected chi connectivity index (χ3v) is 23.3. The third-order valence-electron chi connectivity index (χ3n) is 23.3. The Kier molecular flexibility index (Phi) is 27.1. The molecule has 9 aliphatic heterocycles. The summed E-state index contributed by atoms with van der Waals surface area (Å²) in [5.74, 6) is 3.06. The first-order valence-electron chi connectivity index (χ1n) is 40.2. The van der Waals surface area contributed by atoms with Gasteiger partial charge in [-0.1, -0.05) is 25.1 Å². The number of carbonyl (C=O) groups is 3. The van der Waals surface area contributed by atoms with Crippen molar-refractivity contribution in [2.75, 3.05) is 203 Å². The fraction of sp³-hybridized carbons (Fsp3) is 0.561. The minimum absolute atomic E-state index is 0.0878. The number of aromatic nitrogens is 3. The van der Waals surface area contributed by atoms with E-state index >= 15 is 0 Å². The number of halogens is 9. The lowest BCUT2D eigenvalue weighted by molar-refractivity contribution is -0.144. The average Bonchev–Trinajstić information content (AvgIpc) is 1.78. The van der Waals surface area contributed by atoms with Gasteiger partial charge in [-0.2, -0.15) is 39.5 Å². The van der Waals surface area contributed by atoms with E-state index < -0.39 is 85.9 Å². The van der Waals surface area contributed by atoms with Gasteiger partial charge >= 0.3 is 36.6 Å². The smallest absolute Gasteiger partial charge is 0.389 e. The Hall–Kier alpha value is -9.23. The van der Waals surface area contributed by atoms with E-state index in [4.69, 9.17) is 40.6 Å². The second-order valence-electron chi connectivity index (χ2n) is 32.4. The number of ether oxygens (including phenoxy) is 3. The fourth-order valence-electron chi connectivity index (χ4n) is 16.6. The van der Waals surface area contributed by atoms with E-state index in [1.54, 1.807) is 12.1 Å². The predicted molar refractivity (Wildman–Crippen MR) is 430 cm³/mol. The zero-order valence-electron chi connectivity index (χ0n) is 66.3. The minimum Gasteiger partial charge on any atom is -0.391 e. The van der Waals surface area contributed by atoms with Gasteiger partial charge in [-0.25, -0.2) is 29.3 Å². The van der Waals surface area contributed by atoms with Crippen molar-refractivity contribution in [2.45, 2.75) is 115 Å². The SMILES string of the molecule is Cc1ccc(NC(=O)N2CC[C@@H](CC(F)(F)F)C2)cc1-c1cc(N2CCOCC2)nc(N2C[C@@H](N)[C@H](O)C2)c1.Cc1ccc(NC(=O)N2CC[C@@H](CC(F)(F)F)C2)cc1-c1cc(N2CCOCC2)nc(N2C[C@H](C)[C@@H](O)C2)c1.Cc1ccc(NC(=O)N2CC[C@@H](CC(F)(F)F)C2)cc1-c1cc(N2CCOCC2)nc(N2C[C@H](N)[C@@H](O)C2)c1. The minimum atomic E-state index is -4.23. The number of hydrogen-bond acceptors (Lipinski definition) is 20. The molecule has 636 valence electrons. The van der Waals surface area contributed by atoms with Crippen LogP contribution in [0.2, 0.25) is 0 Å². The lowest BCUT2D eigenvalue weighted by Crippen LogP contribution is -2.37. The number of amides is 6. The largest absolute Gasteiger partial charge is 0.391 e. The van der Waals surface area contributed by atoms with E-state index in [9.17, 15) is 69.2 Å². The highest BCUT2D eigenvalue weighted by atomic mass is 19.4. The predicted octanol–water partition coefficient (Wildman–Crippen LogP) is 10.9. The van der Waals surface area contributed by atoms with Crippen molar-refractivity contribution in [3.63, 3.8) is 0 Å². The molecule has 0 saturated carbocycles. The Bertz CT molecular complexity index is 3970. The summed E-state index contributed by atoms with van der Waals surface area (Å²) < 4.78 is 132. The van der Waals surface area contributed by atoms with Crippen LogP contribution in [-0.2, 0) is 14.2 Å². The number of benzene rings is 3. The monoisotopic (exact) mass is 1640 g/mol. The first kappa shape index (κ1) is 85.6. The summed E-state index contributed by atoms with van der Waals surface area (Å²) >= 11 is 0. The molecule has 0 aliphatic carbocycles. The summed E-state index contributed by atoms with van der Waals surface area (Å²) in [6.45, 7) is 20.1. The maximum Gasteiger partial charge on any atom is 0.389 e. The molecule has 9 fully saturated rings. The number of nitrogens with zero attached hydrogens (tertiary/aromatic N) is 12. The van der Waals surface area contributed by atoms with Crippen LogP contribution in [-0.4, -0.2) is 269 Å². The van der Waals surface area contributed by atoms with Gasteiger partial charge in [0.25, 0.3) is 0 Å². The zero-order valence-corrected chi connectivity index (χ0v) is 66.3. The van der Waals surface area contributed by atoms with Gasteiger partial charge in [-0.3, -0.25) is 0 Å². The number of anilines is 9. The van der Waals surface area contributed by atoms with Crippen molar-refractivity contribution >= 4 is 70.1 Å². The number of morpholine rings is 3. The van der Waals surface area contributed by atoms with Gasteiger partial charge < -0.3 is 101 Å². The lowest BCUT2D eigenvalue weighted by Gasteiger charge is -2.29. The van der Waals surface area contributed by atoms with Crippen LogP contribution in [0.3, 0.4) is 0 Å². The van der Waals surface area contributed by atoms with Crippen molar-refractivity contribution < 1.29 is 83.4 Å². The van der Waals surface area contributed by atoms with Crippen LogP contribution in [0.1, 0.15) is 62.1 Å². The standard InChI is InChI=1S/C28H36F3N5O3.2C27H35F3N6O3/c1-18-3-4-22(32-27(38)35-6-5-20(16-35)14-28(29,30)31)13-23(18)21-11-25(34-7-9-39-10-8-34)33-26(12-21)36-15-19(2)24(37)17-36;2*1-17-2-3-20(32-26(38)35-5-4-18(14-35)13-27(28,29)30)12-21(17)19-10-24(34-6-8-39-9-7-34)33-25(11-19)36-15-22(31)23(37)16-36/h3-4,11-13,19-20,24,37H,5-10,14-17H2,1-2H3,(H,32,38);2*2-3,10-12,18,22-23,37H,4-9,13-16,31H2,1H3,(H,32,38)/t19-,20-,24-;18-,22+,23+;18-,22-,23-/m000/s1. The summed E-state index contributed by atoms with van der Waals surface area (Å²) in [5.41, 5.74) is 22.3. The number of nitrogens with two attached hydrogens (primary N) is 2. The molecule has 117 heavy (non-hydrogen) atoms. The Morgan fingerprint density at radius 1 is 0.385 bits per heavy atom. The molecule has 12 heterocycles. The number of aliphatic hydroxyl groups excluding tert-OH is 3. The van der Waals surface area contributed by atoms with E-state index in [0.717, 1.165) is 86.4 Å². The zero-order chi connectivity index (χ0) is 83.2. The van der Waals surface area contributed by atoms with Gasteiger partial charge in [0, 0.05) is 172 Å². The van der Waals surface area contributed by atoms with Crippen LogP contribution in [0.4, 0.5) is 106 Å². The van der Waals surface area contributed by atoms with Gasteiger partial charge in [-0.15, -0.1) is 0 Å². The molecular weight excluding hydrogens is 1540 g/mol. The summed E-state index contributed by atoms with van der Waals surface area (Å²) in [7, 11) is 0. The second-order valence-corrected chi connectivity index (χ2v) is 32.4. The molecule has 0 spiro atoms. The molecule has 0 bridgehead atoms. The molecule has 3 aromatic heterocycles. The van der Waals surface area contributed by atoms with Crippen LogP contribution in [0.25, 0.3) is 33.4 Å². The number of carbonyl (C=O) groups excluding carboxylic acids is 3. The lowest BCUT2D eigenvalue weighted by atomic mass is 10.00. The van der Waals surface area contributed by atoms with Crippen LogP contribution in [0.15, 0.2) is 91.0 Å². The molecule has 9 aliphatic rings. The van der Waals surface area contributed by atoms with Crippen molar-refractivity contribution in [2.24, 2.45) is 35.1 Å². The Labute approximate surface area is 674 Å². The van der Waals surface area contributed by atoms with Gasteiger partial charge in [0.05, 0.1) is 58.0 Å². The number of aliphatic hydroxyl groups is 3. The number of alkyl halides is 9. The number of rotatable bonds is 15. The molecule has 3 aromatic carbocycles. The maximum atomic E-state index is 12.9. The molecule has 0 unspecified atom stereocenters. The molecule has 6 aromatic rings. The number of aryl methyl sites for hydroxylation is 3. The summed E-state index contributed by atoms with van der Waals surface area (Å²) in [5, 5.41) is 39.5. The van der Waals surface area contributed by atoms with Crippen LogP contribution < -0.4 is 56.8 Å². The number of urea groups is 3. The molecule has 35 heteroatoms. The van der Waals surface area contributed by atoms with E-state index in [2.05, 4.69) is 35.6 Å². The highest BCUT2D eigenvalue weighted by molar-refractivity contribution is 5.93. The summed E-state index contributed by atoms with van der Waals surface area (Å²) in [4.78, 5) is 70.3. The molecule has 26 nitrogen and oxygen atoms in total. The average molecular weight is 1640 g/mol.